The van der Waals surface area contributed by atoms with E-state index in [0.717, 1.165) is 42.5 Å². The second-order valence-corrected chi connectivity index (χ2v) is 7.97. The van der Waals surface area contributed by atoms with E-state index in [4.69, 9.17) is 9.72 Å². The van der Waals surface area contributed by atoms with Gasteiger partial charge in [-0.25, -0.2) is 14.4 Å². The number of benzene rings is 1. The first-order valence-corrected chi connectivity index (χ1v) is 10.2. The Morgan fingerprint density at radius 3 is 2.69 bits per heavy atom. The van der Waals surface area contributed by atoms with Crippen LogP contribution in [0, 0.1) is 5.82 Å². The molecule has 0 bridgehead atoms. The van der Waals surface area contributed by atoms with E-state index in [-0.39, 0.29) is 23.7 Å². The Morgan fingerprint density at radius 2 is 2.03 bits per heavy atom. The fourth-order valence-electron chi connectivity index (χ4n) is 4.14. The number of likely N-dealkylation sites (tertiary alicyclic amines) is 1. The number of anilines is 1. The molecular weight excluding hydrogens is 371 g/mol. The predicted molar refractivity (Wildman–Crippen MR) is 109 cm³/mol. The molecule has 1 aromatic heterocycles. The molecule has 7 heteroatoms. The van der Waals surface area contributed by atoms with E-state index in [1.54, 1.807) is 12.3 Å². The monoisotopic (exact) mass is 398 g/mol. The topological polar surface area (TPSA) is 58.6 Å². The van der Waals surface area contributed by atoms with Crippen LogP contribution in [0.2, 0.25) is 0 Å². The first-order valence-electron chi connectivity index (χ1n) is 10.2. The van der Waals surface area contributed by atoms with Crippen molar-refractivity contribution in [3.8, 4) is 11.1 Å². The molecule has 2 aliphatic rings. The number of carbonyl (C=O) groups is 1. The van der Waals surface area contributed by atoms with E-state index in [1.165, 1.54) is 12.1 Å². The van der Waals surface area contributed by atoms with Crippen LogP contribution in [0.25, 0.3) is 11.1 Å². The van der Waals surface area contributed by atoms with E-state index < -0.39 is 0 Å². The molecule has 2 aromatic rings. The minimum Gasteiger partial charge on any atom is -0.368 e. The Morgan fingerprint density at radius 1 is 1.24 bits per heavy atom. The predicted octanol–water partition coefficient (Wildman–Crippen LogP) is 3.23. The molecule has 29 heavy (non-hydrogen) atoms. The van der Waals surface area contributed by atoms with Gasteiger partial charge in [-0.05, 0) is 43.4 Å². The highest BCUT2D eigenvalue weighted by Crippen LogP contribution is 2.35. The maximum atomic E-state index is 13.8. The summed E-state index contributed by atoms with van der Waals surface area (Å²) in [5.41, 5.74) is 2.57. The van der Waals surface area contributed by atoms with Crippen molar-refractivity contribution in [2.75, 3.05) is 38.7 Å². The summed E-state index contributed by atoms with van der Waals surface area (Å²) in [7, 11) is 3.81. The number of nitrogens with zero attached hydrogens (tertiary/aromatic N) is 4. The van der Waals surface area contributed by atoms with Crippen molar-refractivity contribution in [3.05, 3.63) is 42.0 Å². The number of hydrogen-bond donors (Lipinski definition) is 0. The summed E-state index contributed by atoms with van der Waals surface area (Å²) < 4.78 is 19.4. The van der Waals surface area contributed by atoms with Gasteiger partial charge in [0.2, 0.25) is 5.95 Å². The van der Waals surface area contributed by atoms with Crippen LogP contribution < -0.4 is 4.90 Å². The van der Waals surface area contributed by atoms with E-state index in [0.29, 0.717) is 25.6 Å². The molecule has 2 saturated heterocycles. The molecule has 4 rings (SSSR count). The van der Waals surface area contributed by atoms with Gasteiger partial charge in [0.05, 0.1) is 5.69 Å². The number of hydrogen-bond acceptors (Lipinski definition) is 5. The van der Waals surface area contributed by atoms with Gasteiger partial charge >= 0.3 is 0 Å². The van der Waals surface area contributed by atoms with Crippen LogP contribution in [0.15, 0.2) is 30.5 Å². The van der Waals surface area contributed by atoms with Gasteiger partial charge in [0.15, 0.2) is 0 Å². The van der Waals surface area contributed by atoms with Crippen molar-refractivity contribution >= 4 is 11.9 Å². The number of carbonyl (C=O) groups excluding carboxylic acids is 1. The molecule has 6 nitrogen and oxygen atoms in total. The highest BCUT2D eigenvalue weighted by Gasteiger charge is 2.32. The molecule has 0 saturated carbocycles. The van der Waals surface area contributed by atoms with Crippen molar-refractivity contribution in [1.29, 1.82) is 0 Å². The Hall–Kier alpha value is -2.54. The molecule has 0 unspecified atom stereocenters. The highest BCUT2D eigenvalue weighted by atomic mass is 19.1. The Labute approximate surface area is 170 Å². The first-order chi connectivity index (χ1) is 14.0. The zero-order valence-corrected chi connectivity index (χ0v) is 17.0. The lowest BCUT2D eigenvalue weighted by atomic mass is 9.88. The third-order valence-corrected chi connectivity index (χ3v) is 5.74. The van der Waals surface area contributed by atoms with Gasteiger partial charge < -0.3 is 14.5 Å². The van der Waals surface area contributed by atoms with Gasteiger partial charge in [0.25, 0.3) is 5.91 Å². The second kappa shape index (κ2) is 8.45. The third-order valence-electron chi connectivity index (χ3n) is 5.74. The molecule has 1 amide bonds. The molecule has 3 heterocycles. The summed E-state index contributed by atoms with van der Waals surface area (Å²) in [5.74, 6) is 0.673. The van der Waals surface area contributed by atoms with Gasteiger partial charge in [-0.3, -0.25) is 4.79 Å². The molecule has 0 spiro atoms. The van der Waals surface area contributed by atoms with Crippen molar-refractivity contribution < 1.29 is 13.9 Å². The standard InChI is InChI=1S/C22H27FN4O2/c1-26(2)22-24-14-18(16-5-3-6-17(23)13-16)20(25-22)15-8-10-27(11-9-15)21(28)19-7-4-12-29-19/h3,5-6,13-15,19H,4,7-12H2,1-2H3/t19-/m0/s1. The minimum atomic E-state index is -0.276. The summed E-state index contributed by atoms with van der Waals surface area (Å²) in [4.78, 5) is 25.7. The average molecular weight is 398 g/mol. The summed E-state index contributed by atoms with van der Waals surface area (Å²) in [6, 6.07) is 6.55. The van der Waals surface area contributed by atoms with Crippen LogP contribution in [0.5, 0.6) is 0 Å². The van der Waals surface area contributed by atoms with Crippen molar-refractivity contribution in [1.82, 2.24) is 14.9 Å². The maximum Gasteiger partial charge on any atom is 0.251 e. The lowest BCUT2D eigenvalue weighted by Gasteiger charge is -2.34. The second-order valence-electron chi connectivity index (χ2n) is 7.97. The Kier molecular flexibility index (Phi) is 5.76. The summed E-state index contributed by atoms with van der Waals surface area (Å²) in [6.07, 6.45) is 4.94. The number of aromatic nitrogens is 2. The molecule has 2 fully saturated rings. The molecule has 0 N–H and O–H groups in total. The van der Waals surface area contributed by atoms with Crippen LogP contribution in [0.4, 0.5) is 10.3 Å². The number of piperidine rings is 1. The Balaban J connectivity index is 1.57. The van der Waals surface area contributed by atoms with Crippen molar-refractivity contribution in [3.63, 3.8) is 0 Å². The molecule has 2 aliphatic heterocycles. The van der Waals surface area contributed by atoms with Crippen LogP contribution in [-0.2, 0) is 9.53 Å². The number of halogens is 1. The quantitative estimate of drug-likeness (QED) is 0.791. The summed E-state index contributed by atoms with van der Waals surface area (Å²) >= 11 is 0. The lowest BCUT2D eigenvalue weighted by molar-refractivity contribution is -0.142. The van der Waals surface area contributed by atoms with Crippen LogP contribution in [0.1, 0.15) is 37.3 Å². The third kappa shape index (κ3) is 4.24. The average Bonchev–Trinajstić information content (AvgIpc) is 3.28. The largest absolute Gasteiger partial charge is 0.368 e. The SMILES string of the molecule is CN(C)c1ncc(-c2cccc(F)c2)c(C2CCN(C(=O)[C@@H]3CCCO3)CC2)n1. The smallest absolute Gasteiger partial charge is 0.251 e. The van der Waals surface area contributed by atoms with Gasteiger partial charge in [-0.15, -0.1) is 0 Å². The van der Waals surface area contributed by atoms with Crippen molar-refractivity contribution in [2.45, 2.75) is 37.7 Å². The number of rotatable bonds is 4. The number of ether oxygens (including phenoxy) is 1. The van der Waals surface area contributed by atoms with Gasteiger partial charge in [0.1, 0.15) is 11.9 Å². The molecular formula is C22H27FN4O2. The molecule has 1 aromatic carbocycles. The van der Waals surface area contributed by atoms with Gasteiger partial charge in [-0.2, -0.15) is 0 Å². The fraction of sp³-hybridized carbons (Fsp3) is 0.500. The van der Waals surface area contributed by atoms with Gasteiger partial charge in [-0.1, -0.05) is 12.1 Å². The summed E-state index contributed by atoms with van der Waals surface area (Å²) in [6.45, 7) is 2.05. The normalized spacial score (nSPS) is 20.1. The van der Waals surface area contributed by atoms with E-state index in [9.17, 15) is 9.18 Å². The minimum absolute atomic E-state index is 0.114. The van der Waals surface area contributed by atoms with Crippen LogP contribution in [-0.4, -0.2) is 60.7 Å². The summed E-state index contributed by atoms with van der Waals surface area (Å²) in [5, 5.41) is 0. The van der Waals surface area contributed by atoms with E-state index >= 15 is 0 Å². The maximum absolute atomic E-state index is 13.8. The molecule has 154 valence electrons. The zero-order chi connectivity index (χ0) is 20.4. The van der Waals surface area contributed by atoms with Crippen LogP contribution in [0.3, 0.4) is 0 Å². The molecule has 1 atom stereocenters. The highest BCUT2D eigenvalue weighted by molar-refractivity contribution is 5.81. The first kappa shape index (κ1) is 19.8. The van der Waals surface area contributed by atoms with Crippen LogP contribution >= 0.6 is 0 Å². The molecule has 0 aliphatic carbocycles. The molecule has 0 radical (unpaired) electrons. The van der Waals surface area contributed by atoms with Crippen molar-refractivity contribution in [2.24, 2.45) is 0 Å². The van der Waals surface area contributed by atoms with Gasteiger partial charge in [0, 0.05) is 51.5 Å². The van der Waals surface area contributed by atoms with E-state index in [1.807, 2.05) is 30.0 Å². The Bertz CT molecular complexity index is 875. The lowest BCUT2D eigenvalue weighted by Crippen LogP contribution is -2.43. The van der Waals surface area contributed by atoms with E-state index in [2.05, 4.69) is 4.98 Å². The number of amides is 1. The zero-order valence-electron chi connectivity index (χ0n) is 17.0. The fourth-order valence-corrected chi connectivity index (χ4v) is 4.14.